The van der Waals surface area contributed by atoms with Crippen LogP contribution in [-0.4, -0.2) is 124 Å². The Kier molecular flexibility index (Phi) is 11.5. The van der Waals surface area contributed by atoms with Gasteiger partial charge in [0.05, 0.1) is 17.5 Å². The molecule has 1 atom stereocenters. The van der Waals surface area contributed by atoms with Gasteiger partial charge in [-0.2, -0.15) is 0 Å². The van der Waals surface area contributed by atoms with Crippen LogP contribution in [0.25, 0.3) is 0 Å². The molecule has 2 aromatic carbocycles. The summed E-state index contributed by atoms with van der Waals surface area (Å²) in [6.45, 7) is 8.09. The van der Waals surface area contributed by atoms with E-state index in [0.717, 1.165) is 65.9 Å². The van der Waals surface area contributed by atoms with Crippen molar-refractivity contribution in [1.29, 1.82) is 0 Å². The molecule has 11 nitrogen and oxygen atoms in total. The lowest BCUT2D eigenvalue weighted by Gasteiger charge is -2.43. The highest BCUT2D eigenvalue weighted by molar-refractivity contribution is 9.10. The van der Waals surface area contributed by atoms with Crippen LogP contribution >= 0.6 is 27.5 Å². The maximum absolute atomic E-state index is 14.2. The highest BCUT2D eigenvalue weighted by Gasteiger charge is 2.36. The fourth-order valence-electron chi connectivity index (χ4n) is 7.92. The van der Waals surface area contributed by atoms with E-state index in [1.54, 1.807) is 0 Å². The molecule has 3 fully saturated rings. The van der Waals surface area contributed by atoms with Crippen molar-refractivity contribution < 1.29 is 24.3 Å². The molecule has 0 aromatic heterocycles. The predicted molar refractivity (Wildman–Crippen MR) is 192 cm³/mol. The number of amides is 4. The summed E-state index contributed by atoms with van der Waals surface area (Å²) in [5.41, 5.74) is 3.83. The zero-order valence-corrected chi connectivity index (χ0v) is 30.4. The van der Waals surface area contributed by atoms with E-state index in [-0.39, 0.29) is 36.9 Å². The second kappa shape index (κ2) is 15.8. The number of aryl methyl sites for hydroxylation is 1. The standard InChI is InChI=1S/C36H46BrClN6O5/c1-24-18-25(20-30(37)34(24)38)19-27(35(48)43-12-6-28(7-13-43)41-16-14-40(15-17-41)23-33(46)47)21-32(45)42-10-8-29(9-11-42)44-22-26-4-2-3-5-31(26)39-36(44)49/h2-5,18,20,27-29H,6-17,19,21-23H2,1H3,(H,39,49)(H,46,47). The van der Waals surface area contributed by atoms with Crippen LogP contribution in [-0.2, 0) is 27.3 Å². The second-order valence-electron chi connectivity index (χ2n) is 13.9. The van der Waals surface area contributed by atoms with E-state index in [9.17, 15) is 19.2 Å². The smallest absolute Gasteiger partial charge is 0.322 e. The molecule has 4 heterocycles. The van der Waals surface area contributed by atoms with Crippen molar-refractivity contribution in [3.8, 4) is 0 Å². The molecule has 4 amide bonds. The minimum absolute atomic E-state index is 0.0142. The number of carboxylic acids is 1. The number of carbonyl (C=O) groups is 4. The van der Waals surface area contributed by atoms with Crippen LogP contribution in [0.1, 0.15) is 48.8 Å². The van der Waals surface area contributed by atoms with Crippen molar-refractivity contribution in [3.63, 3.8) is 0 Å². The number of para-hydroxylation sites is 1. The molecule has 4 aliphatic heterocycles. The maximum atomic E-state index is 14.2. The number of nitrogens with one attached hydrogen (secondary N) is 1. The van der Waals surface area contributed by atoms with Crippen LogP contribution in [0.5, 0.6) is 0 Å². The monoisotopic (exact) mass is 756 g/mol. The van der Waals surface area contributed by atoms with Crippen LogP contribution < -0.4 is 5.32 Å². The van der Waals surface area contributed by atoms with Gasteiger partial charge in [-0.1, -0.05) is 35.9 Å². The van der Waals surface area contributed by atoms with Crippen LogP contribution in [0.3, 0.4) is 0 Å². The third kappa shape index (κ3) is 8.58. The number of aliphatic carboxylic acids is 1. The summed E-state index contributed by atoms with van der Waals surface area (Å²) in [4.78, 5) is 62.1. The third-order valence-corrected chi connectivity index (χ3v) is 12.1. The van der Waals surface area contributed by atoms with Gasteiger partial charge in [0.1, 0.15) is 0 Å². The average Bonchev–Trinajstić information content (AvgIpc) is 3.10. The molecule has 4 aliphatic rings. The Morgan fingerprint density at radius 3 is 2.27 bits per heavy atom. The molecule has 6 rings (SSSR count). The van der Waals surface area contributed by atoms with Gasteiger partial charge in [0.25, 0.3) is 0 Å². The number of halogens is 2. The summed E-state index contributed by atoms with van der Waals surface area (Å²) < 4.78 is 0.775. The molecule has 264 valence electrons. The molecule has 0 radical (unpaired) electrons. The Bertz CT molecular complexity index is 1530. The number of carbonyl (C=O) groups excluding carboxylic acids is 3. The highest BCUT2D eigenvalue weighted by atomic mass is 79.9. The van der Waals surface area contributed by atoms with Gasteiger partial charge in [0.2, 0.25) is 11.8 Å². The van der Waals surface area contributed by atoms with Gasteiger partial charge in [-0.05, 0) is 83.8 Å². The van der Waals surface area contributed by atoms with E-state index in [4.69, 9.17) is 16.7 Å². The number of fused-ring (bicyclic) bond motifs is 1. The summed E-state index contributed by atoms with van der Waals surface area (Å²) in [7, 11) is 0. The van der Waals surface area contributed by atoms with E-state index in [1.807, 2.05) is 62.9 Å². The van der Waals surface area contributed by atoms with E-state index >= 15 is 0 Å². The Hall–Kier alpha value is -3.19. The summed E-state index contributed by atoms with van der Waals surface area (Å²) in [5.74, 6) is -1.31. The number of urea groups is 1. The van der Waals surface area contributed by atoms with E-state index in [0.29, 0.717) is 63.1 Å². The maximum Gasteiger partial charge on any atom is 0.322 e. The van der Waals surface area contributed by atoms with Gasteiger partial charge in [0, 0.05) is 87.6 Å². The zero-order valence-electron chi connectivity index (χ0n) is 28.1. The Morgan fingerprint density at radius 2 is 1.59 bits per heavy atom. The van der Waals surface area contributed by atoms with Gasteiger partial charge in [-0.15, -0.1) is 0 Å². The van der Waals surface area contributed by atoms with Crippen LogP contribution in [0, 0.1) is 12.8 Å². The lowest BCUT2D eigenvalue weighted by atomic mass is 9.91. The quantitative estimate of drug-likeness (QED) is 0.382. The lowest BCUT2D eigenvalue weighted by molar-refractivity contribution is -0.143. The van der Waals surface area contributed by atoms with Gasteiger partial charge in [-0.25, -0.2) is 4.79 Å². The molecule has 0 saturated carbocycles. The number of carboxylic acid groups (broad SMARTS) is 1. The number of rotatable bonds is 9. The molecular weight excluding hydrogens is 712 g/mol. The third-order valence-electron chi connectivity index (χ3n) is 10.7. The first kappa shape index (κ1) is 35.6. The van der Waals surface area contributed by atoms with Crippen LogP contribution in [0.4, 0.5) is 10.5 Å². The Balaban J connectivity index is 1.07. The molecule has 13 heteroatoms. The summed E-state index contributed by atoms with van der Waals surface area (Å²) in [6.07, 6.45) is 3.68. The second-order valence-corrected chi connectivity index (χ2v) is 15.1. The van der Waals surface area contributed by atoms with Crippen molar-refractivity contribution in [2.24, 2.45) is 5.92 Å². The zero-order chi connectivity index (χ0) is 34.7. The minimum Gasteiger partial charge on any atom is -0.480 e. The number of hydrogen-bond acceptors (Lipinski definition) is 6. The topological polar surface area (TPSA) is 117 Å². The molecule has 49 heavy (non-hydrogen) atoms. The van der Waals surface area contributed by atoms with E-state index in [2.05, 4.69) is 26.1 Å². The number of nitrogens with zero attached hydrogens (tertiary/aromatic N) is 5. The average molecular weight is 758 g/mol. The number of benzene rings is 2. The molecule has 3 saturated heterocycles. The van der Waals surface area contributed by atoms with Gasteiger partial charge in [0.15, 0.2) is 0 Å². The Morgan fingerprint density at radius 1 is 0.939 bits per heavy atom. The molecule has 2 N–H and O–H groups in total. The largest absolute Gasteiger partial charge is 0.480 e. The van der Waals surface area contributed by atoms with E-state index in [1.165, 1.54) is 0 Å². The fraction of sp³-hybridized carbons (Fsp3) is 0.556. The normalized spacial score (nSPS) is 20.6. The number of piperidine rings is 2. The minimum atomic E-state index is -0.795. The first-order valence-corrected chi connectivity index (χ1v) is 18.6. The van der Waals surface area contributed by atoms with Crippen molar-refractivity contribution in [1.82, 2.24) is 24.5 Å². The number of hydrogen-bond donors (Lipinski definition) is 2. The molecule has 1 unspecified atom stereocenters. The summed E-state index contributed by atoms with van der Waals surface area (Å²) in [5, 5.41) is 12.8. The highest BCUT2D eigenvalue weighted by Crippen LogP contribution is 2.31. The van der Waals surface area contributed by atoms with Crippen molar-refractivity contribution in [2.45, 2.75) is 64.1 Å². The number of likely N-dealkylation sites (tertiary alicyclic amines) is 2. The van der Waals surface area contributed by atoms with Crippen LogP contribution in [0.2, 0.25) is 5.02 Å². The molecule has 0 bridgehead atoms. The van der Waals surface area contributed by atoms with Gasteiger partial charge >= 0.3 is 12.0 Å². The number of anilines is 1. The number of piperazine rings is 1. The first-order valence-electron chi connectivity index (χ1n) is 17.4. The SMILES string of the molecule is Cc1cc(CC(CC(=O)N2CCC(N3Cc4ccccc4NC3=O)CC2)C(=O)N2CCC(N3CCN(CC(=O)O)CC3)CC2)cc(Br)c1Cl. The lowest BCUT2D eigenvalue weighted by Crippen LogP contribution is -2.55. The predicted octanol–water partition coefficient (Wildman–Crippen LogP) is 4.69. The molecule has 0 spiro atoms. The summed E-state index contributed by atoms with van der Waals surface area (Å²) in [6, 6.07) is 12.1. The van der Waals surface area contributed by atoms with Gasteiger partial charge in [-0.3, -0.25) is 24.2 Å². The first-order chi connectivity index (χ1) is 23.5. The van der Waals surface area contributed by atoms with Crippen molar-refractivity contribution >= 4 is 57.0 Å². The van der Waals surface area contributed by atoms with Crippen molar-refractivity contribution in [2.75, 3.05) is 64.2 Å². The van der Waals surface area contributed by atoms with E-state index < -0.39 is 11.9 Å². The van der Waals surface area contributed by atoms with Crippen molar-refractivity contribution in [3.05, 3.63) is 62.6 Å². The fourth-order valence-corrected chi connectivity index (χ4v) is 8.63. The summed E-state index contributed by atoms with van der Waals surface area (Å²) >= 11 is 9.98. The molecule has 2 aromatic rings. The molecule has 0 aliphatic carbocycles. The Labute approximate surface area is 301 Å². The molecular formula is C36H46BrClN6O5. The van der Waals surface area contributed by atoms with Crippen LogP contribution in [0.15, 0.2) is 40.9 Å². The van der Waals surface area contributed by atoms with Gasteiger partial charge < -0.3 is 25.1 Å².